The Hall–Kier alpha value is -1.46. The number of ether oxygens (including phenoxy) is 1. The maximum Gasteiger partial charge on any atom is 0.239 e. The van der Waals surface area contributed by atoms with Crippen molar-refractivity contribution in [1.29, 1.82) is 0 Å². The number of aromatic nitrogens is 1. The van der Waals surface area contributed by atoms with E-state index in [4.69, 9.17) is 16.3 Å². The van der Waals surface area contributed by atoms with Crippen molar-refractivity contribution in [2.45, 2.75) is 6.54 Å². The number of benzene rings is 1. The largest absolute Gasteiger partial charge is 0.479 e. The van der Waals surface area contributed by atoms with Crippen LogP contribution in [0.2, 0.25) is 5.02 Å². The first-order valence-electron chi connectivity index (χ1n) is 6.41. The molecule has 0 unspecified atom stereocenters. The topological polar surface area (TPSA) is 37.4 Å². The number of nitrogens with one attached hydrogen (secondary N) is 1. The number of anilines is 2. The van der Waals surface area contributed by atoms with Crippen molar-refractivity contribution in [3.05, 3.63) is 45.5 Å². The van der Waals surface area contributed by atoms with Gasteiger partial charge in [0.2, 0.25) is 5.88 Å². The molecule has 1 N–H and O–H groups in total. The highest BCUT2D eigenvalue weighted by molar-refractivity contribution is 9.10. The molecule has 2 aromatic rings. The second kappa shape index (κ2) is 7.00. The summed E-state index contributed by atoms with van der Waals surface area (Å²) in [5.41, 5.74) is 2.86. The summed E-state index contributed by atoms with van der Waals surface area (Å²) in [6, 6.07) is 7.72. The van der Waals surface area contributed by atoms with Crippen LogP contribution in [0.25, 0.3) is 0 Å². The lowest BCUT2D eigenvalue weighted by atomic mass is 10.2. The van der Waals surface area contributed by atoms with Crippen LogP contribution in [-0.4, -0.2) is 26.2 Å². The third-order valence-electron chi connectivity index (χ3n) is 3.03. The first-order chi connectivity index (χ1) is 10.0. The Bertz CT molecular complexity index is 634. The molecule has 0 spiro atoms. The smallest absolute Gasteiger partial charge is 0.239 e. The van der Waals surface area contributed by atoms with E-state index in [0.29, 0.717) is 12.4 Å². The van der Waals surface area contributed by atoms with Gasteiger partial charge in [0, 0.05) is 36.3 Å². The number of rotatable bonds is 5. The predicted molar refractivity (Wildman–Crippen MR) is 91.6 cm³/mol. The van der Waals surface area contributed by atoms with Crippen molar-refractivity contribution in [1.82, 2.24) is 4.98 Å². The molecule has 6 heteroatoms. The average Bonchev–Trinajstić information content (AvgIpc) is 2.47. The standard InChI is InChI=1S/C15H17BrClN3O/c1-20(2)13-6-7-18-15(21-3)14(13)19-9-10-8-11(16)4-5-12(10)17/h4-8,19H,9H2,1-3H3. The van der Waals surface area contributed by atoms with Crippen molar-refractivity contribution in [3.8, 4) is 5.88 Å². The van der Waals surface area contributed by atoms with Crippen LogP contribution < -0.4 is 15.0 Å². The molecule has 0 aliphatic rings. The highest BCUT2D eigenvalue weighted by atomic mass is 79.9. The molecule has 0 bridgehead atoms. The molecular formula is C15H17BrClN3O. The highest BCUT2D eigenvalue weighted by Gasteiger charge is 2.12. The minimum Gasteiger partial charge on any atom is -0.479 e. The Kier molecular flexibility index (Phi) is 5.31. The quantitative estimate of drug-likeness (QED) is 0.856. The lowest BCUT2D eigenvalue weighted by Crippen LogP contribution is -2.13. The van der Waals surface area contributed by atoms with Gasteiger partial charge >= 0.3 is 0 Å². The van der Waals surface area contributed by atoms with Gasteiger partial charge in [-0.05, 0) is 29.8 Å². The van der Waals surface area contributed by atoms with Gasteiger partial charge in [-0.1, -0.05) is 27.5 Å². The molecule has 0 saturated carbocycles. The molecule has 0 aliphatic heterocycles. The number of methoxy groups -OCH3 is 1. The van der Waals surface area contributed by atoms with Crippen LogP contribution in [0.15, 0.2) is 34.9 Å². The summed E-state index contributed by atoms with van der Waals surface area (Å²) in [5.74, 6) is 0.562. The molecule has 0 atom stereocenters. The third kappa shape index (κ3) is 3.80. The van der Waals surface area contributed by atoms with Gasteiger partial charge in [0.15, 0.2) is 0 Å². The zero-order valence-corrected chi connectivity index (χ0v) is 14.5. The van der Waals surface area contributed by atoms with E-state index in [2.05, 4.69) is 26.2 Å². The Balaban J connectivity index is 2.29. The lowest BCUT2D eigenvalue weighted by Gasteiger charge is -2.20. The van der Waals surface area contributed by atoms with Crippen molar-refractivity contribution in [2.24, 2.45) is 0 Å². The molecule has 0 saturated heterocycles. The van der Waals surface area contributed by atoms with Crippen LogP contribution in [0.4, 0.5) is 11.4 Å². The molecular weight excluding hydrogens is 354 g/mol. The van der Waals surface area contributed by atoms with Gasteiger partial charge in [0.25, 0.3) is 0 Å². The predicted octanol–water partition coefficient (Wildman–Crippen LogP) is 4.18. The molecule has 0 aliphatic carbocycles. The molecule has 112 valence electrons. The van der Waals surface area contributed by atoms with E-state index in [1.54, 1.807) is 13.3 Å². The molecule has 4 nitrogen and oxygen atoms in total. The van der Waals surface area contributed by atoms with Crippen LogP contribution in [0.3, 0.4) is 0 Å². The molecule has 1 aromatic heterocycles. The normalized spacial score (nSPS) is 10.3. The minimum absolute atomic E-state index is 0.562. The zero-order chi connectivity index (χ0) is 15.4. The number of nitrogens with zero attached hydrogens (tertiary/aromatic N) is 2. The third-order valence-corrected chi connectivity index (χ3v) is 3.89. The second-order valence-electron chi connectivity index (χ2n) is 4.70. The first kappa shape index (κ1) is 15.9. The van der Waals surface area contributed by atoms with Gasteiger partial charge in [-0.25, -0.2) is 4.98 Å². The van der Waals surface area contributed by atoms with Crippen molar-refractivity contribution in [3.63, 3.8) is 0 Å². The molecule has 2 rings (SSSR count). The monoisotopic (exact) mass is 369 g/mol. The fourth-order valence-corrected chi connectivity index (χ4v) is 2.58. The van der Waals surface area contributed by atoms with Crippen LogP contribution in [0, 0.1) is 0 Å². The number of halogens is 2. The minimum atomic E-state index is 0.562. The maximum atomic E-state index is 6.22. The molecule has 0 amide bonds. The van der Waals surface area contributed by atoms with Gasteiger partial charge in [-0.15, -0.1) is 0 Å². The van der Waals surface area contributed by atoms with Gasteiger partial charge in [0.05, 0.1) is 12.8 Å². The summed E-state index contributed by atoms with van der Waals surface area (Å²) >= 11 is 9.68. The molecule has 1 heterocycles. The fourth-order valence-electron chi connectivity index (χ4n) is 1.99. The fraction of sp³-hybridized carbons (Fsp3) is 0.267. The molecule has 1 aromatic carbocycles. The molecule has 0 radical (unpaired) electrons. The van der Waals surface area contributed by atoms with E-state index in [0.717, 1.165) is 26.4 Å². The summed E-state index contributed by atoms with van der Waals surface area (Å²) in [4.78, 5) is 6.25. The van der Waals surface area contributed by atoms with Crippen molar-refractivity contribution in [2.75, 3.05) is 31.4 Å². The zero-order valence-electron chi connectivity index (χ0n) is 12.2. The number of hydrogen-bond donors (Lipinski definition) is 1. The summed E-state index contributed by atoms with van der Waals surface area (Å²) in [5, 5.41) is 4.09. The van der Waals surface area contributed by atoms with Gasteiger partial charge in [-0.2, -0.15) is 0 Å². The summed E-state index contributed by atoms with van der Waals surface area (Å²) in [7, 11) is 5.57. The maximum absolute atomic E-state index is 6.22. The van der Waals surface area contributed by atoms with Crippen LogP contribution in [-0.2, 0) is 6.54 Å². The van der Waals surface area contributed by atoms with Crippen molar-refractivity contribution >= 4 is 38.9 Å². The van der Waals surface area contributed by atoms with E-state index in [1.165, 1.54) is 0 Å². The lowest BCUT2D eigenvalue weighted by molar-refractivity contribution is 0.400. The van der Waals surface area contributed by atoms with Gasteiger partial charge < -0.3 is 15.0 Å². The SMILES string of the molecule is COc1nccc(N(C)C)c1NCc1cc(Br)ccc1Cl. The first-order valence-corrected chi connectivity index (χ1v) is 7.58. The van der Waals surface area contributed by atoms with Crippen molar-refractivity contribution < 1.29 is 4.74 Å². The Morgan fingerprint density at radius 1 is 1.33 bits per heavy atom. The van der Waals surface area contributed by atoms with Crippen LogP contribution in [0.1, 0.15) is 5.56 Å². The van der Waals surface area contributed by atoms with E-state index >= 15 is 0 Å². The highest BCUT2D eigenvalue weighted by Crippen LogP contribution is 2.33. The van der Waals surface area contributed by atoms with E-state index in [9.17, 15) is 0 Å². The van der Waals surface area contributed by atoms with Crippen LogP contribution >= 0.6 is 27.5 Å². The van der Waals surface area contributed by atoms with E-state index in [1.807, 2.05) is 43.3 Å². The summed E-state index contributed by atoms with van der Waals surface area (Å²) < 4.78 is 6.33. The van der Waals surface area contributed by atoms with Gasteiger partial charge in [-0.3, -0.25) is 0 Å². The van der Waals surface area contributed by atoms with E-state index < -0.39 is 0 Å². The Labute approximate surface area is 138 Å². The van der Waals surface area contributed by atoms with E-state index in [-0.39, 0.29) is 0 Å². The average molecular weight is 371 g/mol. The Morgan fingerprint density at radius 2 is 2.10 bits per heavy atom. The summed E-state index contributed by atoms with van der Waals surface area (Å²) in [6.45, 7) is 0.584. The number of pyridine rings is 1. The molecule has 0 fully saturated rings. The summed E-state index contributed by atoms with van der Waals surface area (Å²) in [6.07, 6.45) is 1.73. The number of hydrogen-bond acceptors (Lipinski definition) is 4. The second-order valence-corrected chi connectivity index (χ2v) is 6.02. The Morgan fingerprint density at radius 3 is 2.76 bits per heavy atom. The van der Waals surface area contributed by atoms with Gasteiger partial charge in [0.1, 0.15) is 5.69 Å². The molecule has 21 heavy (non-hydrogen) atoms. The van der Waals surface area contributed by atoms with Crippen LogP contribution in [0.5, 0.6) is 5.88 Å².